The first-order valence-corrected chi connectivity index (χ1v) is 5.18. The molecule has 1 rings (SSSR count). The molecule has 1 unspecified atom stereocenters. The van der Waals surface area contributed by atoms with Crippen molar-refractivity contribution in [2.45, 2.75) is 45.4 Å². The Morgan fingerprint density at radius 3 is 2.67 bits per heavy atom. The summed E-state index contributed by atoms with van der Waals surface area (Å²) in [5.74, 6) is 0.853. The molecule has 0 aliphatic carbocycles. The van der Waals surface area contributed by atoms with E-state index in [0.29, 0.717) is 0 Å². The predicted octanol–water partition coefficient (Wildman–Crippen LogP) is 2.92. The van der Waals surface area contributed by atoms with Crippen LogP contribution in [0.5, 0.6) is 0 Å². The third kappa shape index (κ3) is 4.07. The first kappa shape index (κ1) is 10.0. The van der Waals surface area contributed by atoms with Crippen molar-refractivity contribution in [1.29, 1.82) is 0 Å². The molecule has 0 amide bonds. The Hall–Kier alpha value is -0.0800. The highest BCUT2D eigenvalue weighted by Gasteiger charge is 2.07. The number of hydrogen-bond donors (Lipinski definition) is 0. The van der Waals surface area contributed by atoms with E-state index in [2.05, 4.69) is 6.92 Å². The molecule has 0 N–H and O–H groups in total. The minimum absolute atomic E-state index is 0.775. The SMILES string of the molecule is CCC1CCCCCOOCC1. The second kappa shape index (κ2) is 6.44. The predicted molar refractivity (Wildman–Crippen MR) is 48.8 cm³/mol. The van der Waals surface area contributed by atoms with Gasteiger partial charge in [0.25, 0.3) is 0 Å². The molecule has 1 saturated heterocycles. The third-order valence-corrected chi connectivity index (χ3v) is 2.61. The minimum atomic E-state index is 0.775. The summed E-state index contributed by atoms with van der Waals surface area (Å²) in [6.45, 7) is 3.81. The van der Waals surface area contributed by atoms with Crippen LogP contribution in [0.3, 0.4) is 0 Å². The van der Waals surface area contributed by atoms with Gasteiger partial charge in [0.05, 0.1) is 13.2 Å². The Balaban J connectivity index is 2.17. The number of rotatable bonds is 1. The highest BCUT2D eigenvalue weighted by Crippen LogP contribution is 2.18. The van der Waals surface area contributed by atoms with Gasteiger partial charge in [-0.2, -0.15) is 0 Å². The summed E-state index contributed by atoms with van der Waals surface area (Å²) in [5, 5.41) is 0. The molecule has 1 fully saturated rings. The van der Waals surface area contributed by atoms with Gasteiger partial charge in [-0.1, -0.05) is 32.6 Å². The summed E-state index contributed by atoms with van der Waals surface area (Å²) >= 11 is 0. The van der Waals surface area contributed by atoms with Crippen molar-refractivity contribution in [2.24, 2.45) is 5.92 Å². The van der Waals surface area contributed by atoms with E-state index >= 15 is 0 Å². The zero-order chi connectivity index (χ0) is 8.65. The summed E-state index contributed by atoms with van der Waals surface area (Å²) < 4.78 is 0. The first-order valence-electron chi connectivity index (χ1n) is 5.18. The molecule has 0 aromatic rings. The molecule has 72 valence electrons. The fourth-order valence-corrected chi connectivity index (χ4v) is 1.66. The summed E-state index contributed by atoms with van der Waals surface area (Å²) in [5.41, 5.74) is 0. The van der Waals surface area contributed by atoms with E-state index in [9.17, 15) is 0 Å². The molecule has 1 aliphatic heterocycles. The Labute approximate surface area is 75.2 Å². The molecular weight excluding hydrogens is 152 g/mol. The molecule has 1 aliphatic rings. The van der Waals surface area contributed by atoms with Gasteiger partial charge in [-0.05, 0) is 18.8 Å². The molecular formula is C10H20O2. The van der Waals surface area contributed by atoms with Crippen molar-refractivity contribution in [3.05, 3.63) is 0 Å². The van der Waals surface area contributed by atoms with E-state index in [4.69, 9.17) is 9.78 Å². The Morgan fingerprint density at radius 1 is 1.00 bits per heavy atom. The lowest BCUT2D eigenvalue weighted by Crippen LogP contribution is -2.08. The largest absolute Gasteiger partial charge is 0.237 e. The highest BCUT2D eigenvalue weighted by atomic mass is 17.2. The van der Waals surface area contributed by atoms with Gasteiger partial charge < -0.3 is 0 Å². The van der Waals surface area contributed by atoms with Gasteiger partial charge in [0.15, 0.2) is 0 Å². The van der Waals surface area contributed by atoms with Crippen LogP contribution < -0.4 is 0 Å². The van der Waals surface area contributed by atoms with Crippen molar-refractivity contribution >= 4 is 0 Å². The highest BCUT2D eigenvalue weighted by molar-refractivity contribution is 4.57. The summed E-state index contributed by atoms with van der Waals surface area (Å²) in [4.78, 5) is 10.0. The van der Waals surface area contributed by atoms with Crippen LogP contribution in [-0.2, 0) is 9.78 Å². The van der Waals surface area contributed by atoms with E-state index in [1.807, 2.05) is 0 Å². The Morgan fingerprint density at radius 2 is 1.83 bits per heavy atom. The second-order valence-corrected chi connectivity index (χ2v) is 3.56. The first-order chi connectivity index (χ1) is 5.93. The van der Waals surface area contributed by atoms with Crippen molar-refractivity contribution < 1.29 is 9.78 Å². The van der Waals surface area contributed by atoms with Gasteiger partial charge in [-0.15, -0.1) is 0 Å². The van der Waals surface area contributed by atoms with Crippen molar-refractivity contribution in [1.82, 2.24) is 0 Å². The molecule has 0 bridgehead atoms. The van der Waals surface area contributed by atoms with Gasteiger partial charge in [-0.3, -0.25) is 0 Å². The minimum Gasteiger partial charge on any atom is -0.237 e. The normalized spacial score (nSPS) is 28.2. The van der Waals surface area contributed by atoms with Gasteiger partial charge in [0, 0.05) is 0 Å². The lowest BCUT2D eigenvalue weighted by Gasteiger charge is -2.16. The topological polar surface area (TPSA) is 18.5 Å². The van der Waals surface area contributed by atoms with E-state index < -0.39 is 0 Å². The van der Waals surface area contributed by atoms with Crippen LogP contribution in [0, 0.1) is 5.92 Å². The van der Waals surface area contributed by atoms with Gasteiger partial charge in [-0.25, -0.2) is 9.78 Å². The Kier molecular flexibility index (Phi) is 5.37. The van der Waals surface area contributed by atoms with Crippen LogP contribution in [0.15, 0.2) is 0 Å². The Bertz CT molecular complexity index is 94.0. The van der Waals surface area contributed by atoms with Gasteiger partial charge in [0.1, 0.15) is 0 Å². The maximum absolute atomic E-state index is 5.04. The zero-order valence-corrected chi connectivity index (χ0v) is 8.05. The van der Waals surface area contributed by atoms with E-state index in [1.54, 1.807) is 0 Å². The van der Waals surface area contributed by atoms with Crippen molar-refractivity contribution in [2.75, 3.05) is 13.2 Å². The van der Waals surface area contributed by atoms with Crippen molar-refractivity contribution in [3.63, 3.8) is 0 Å². The van der Waals surface area contributed by atoms with Gasteiger partial charge >= 0.3 is 0 Å². The molecule has 2 heteroatoms. The molecule has 12 heavy (non-hydrogen) atoms. The summed E-state index contributed by atoms with van der Waals surface area (Å²) in [6.07, 6.45) is 7.62. The molecule has 2 nitrogen and oxygen atoms in total. The van der Waals surface area contributed by atoms with E-state index in [-0.39, 0.29) is 0 Å². The zero-order valence-electron chi connectivity index (χ0n) is 8.05. The van der Waals surface area contributed by atoms with Crippen LogP contribution in [0.1, 0.15) is 45.4 Å². The molecule has 0 saturated carbocycles. The maximum atomic E-state index is 5.04. The lowest BCUT2D eigenvalue weighted by atomic mass is 9.96. The molecule has 1 atom stereocenters. The summed E-state index contributed by atoms with van der Waals surface area (Å²) in [6, 6.07) is 0. The van der Waals surface area contributed by atoms with E-state index in [0.717, 1.165) is 32.0 Å². The quantitative estimate of drug-likeness (QED) is 0.566. The molecule has 0 aromatic heterocycles. The lowest BCUT2D eigenvalue weighted by molar-refractivity contribution is -0.297. The smallest absolute Gasteiger partial charge is 0.0825 e. The average molecular weight is 172 g/mol. The molecule has 0 radical (unpaired) electrons. The second-order valence-electron chi connectivity index (χ2n) is 3.56. The van der Waals surface area contributed by atoms with Crippen LogP contribution in [0.2, 0.25) is 0 Å². The van der Waals surface area contributed by atoms with Crippen LogP contribution in [-0.4, -0.2) is 13.2 Å². The fraction of sp³-hybridized carbons (Fsp3) is 1.00. The van der Waals surface area contributed by atoms with E-state index in [1.165, 1.54) is 25.7 Å². The van der Waals surface area contributed by atoms with Gasteiger partial charge in [0.2, 0.25) is 0 Å². The molecule has 0 aromatic carbocycles. The number of hydrogen-bond acceptors (Lipinski definition) is 2. The monoisotopic (exact) mass is 172 g/mol. The summed E-state index contributed by atoms with van der Waals surface area (Å²) in [7, 11) is 0. The molecule has 1 heterocycles. The fourth-order valence-electron chi connectivity index (χ4n) is 1.66. The standard InChI is InChI=1S/C10H20O2/c1-2-10-6-4-3-5-8-11-12-9-7-10/h10H,2-9H2,1H3. The average Bonchev–Trinajstić information content (AvgIpc) is 2.14. The maximum Gasteiger partial charge on any atom is 0.0825 e. The van der Waals surface area contributed by atoms with Crippen molar-refractivity contribution in [3.8, 4) is 0 Å². The van der Waals surface area contributed by atoms with Crippen LogP contribution >= 0.6 is 0 Å². The molecule has 0 spiro atoms. The van der Waals surface area contributed by atoms with Crippen LogP contribution in [0.4, 0.5) is 0 Å². The van der Waals surface area contributed by atoms with Crippen LogP contribution in [0.25, 0.3) is 0 Å². The third-order valence-electron chi connectivity index (χ3n) is 2.61.